The van der Waals surface area contributed by atoms with Crippen molar-refractivity contribution in [3.8, 4) is 0 Å². The van der Waals surface area contributed by atoms with E-state index in [4.69, 9.17) is 0 Å². The first kappa shape index (κ1) is 19.0. The van der Waals surface area contributed by atoms with Crippen molar-refractivity contribution in [1.29, 1.82) is 0 Å². The first-order chi connectivity index (χ1) is 10.5. The highest BCUT2D eigenvalue weighted by Crippen LogP contribution is 1.90. The van der Waals surface area contributed by atoms with Crippen molar-refractivity contribution in [2.24, 2.45) is 0 Å². The highest BCUT2D eigenvalue weighted by Gasteiger charge is 2.07. The molecular formula is C16H16O6. The summed E-state index contributed by atoms with van der Waals surface area (Å²) < 4.78 is 8.66. The van der Waals surface area contributed by atoms with Crippen LogP contribution in [0.3, 0.4) is 0 Å². The van der Waals surface area contributed by atoms with Crippen molar-refractivity contribution < 1.29 is 28.7 Å². The third kappa shape index (κ3) is 10.9. The average molecular weight is 304 g/mol. The molecule has 0 heterocycles. The Bertz CT molecular complexity index is 511. The van der Waals surface area contributed by atoms with Gasteiger partial charge in [0.15, 0.2) is 0 Å². The van der Waals surface area contributed by atoms with Crippen molar-refractivity contribution >= 4 is 23.9 Å². The Balaban J connectivity index is 4.29. The summed E-state index contributed by atoms with van der Waals surface area (Å²) in [6.45, 7) is 3.51. The van der Waals surface area contributed by atoms with E-state index in [1.807, 2.05) is 0 Å². The summed E-state index contributed by atoms with van der Waals surface area (Å²) in [5.41, 5.74) is 0. The molecule has 6 heteroatoms. The van der Waals surface area contributed by atoms with Crippen LogP contribution >= 0.6 is 0 Å². The molecule has 0 spiro atoms. The van der Waals surface area contributed by atoms with Gasteiger partial charge in [-0.25, -0.2) is 19.2 Å². The highest BCUT2D eigenvalue weighted by atomic mass is 16.6. The molecule has 0 saturated carbocycles. The zero-order valence-corrected chi connectivity index (χ0v) is 12.2. The lowest BCUT2D eigenvalue weighted by atomic mass is 10.4. The molecule has 22 heavy (non-hydrogen) atoms. The van der Waals surface area contributed by atoms with E-state index in [-0.39, 0.29) is 0 Å². The van der Waals surface area contributed by atoms with Crippen LogP contribution in [0.4, 0.5) is 0 Å². The van der Waals surface area contributed by atoms with Gasteiger partial charge < -0.3 is 9.47 Å². The van der Waals surface area contributed by atoms with Gasteiger partial charge in [0.2, 0.25) is 0 Å². The maximum Gasteiger partial charge on any atom is 0.338 e. The molecule has 0 bridgehead atoms. The van der Waals surface area contributed by atoms with Crippen molar-refractivity contribution in [3.05, 3.63) is 60.8 Å². The number of esters is 4. The van der Waals surface area contributed by atoms with E-state index in [0.717, 1.165) is 12.2 Å². The molecule has 0 atom stereocenters. The fourth-order valence-electron chi connectivity index (χ4n) is 0.961. The van der Waals surface area contributed by atoms with Crippen LogP contribution in [0.2, 0.25) is 0 Å². The Morgan fingerprint density at radius 2 is 0.864 bits per heavy atom. The molecule has 0 fully saturated rings. The Morgan fingerprint density at radius 1 is 0.545 bits per heavy atom. The highest BCUT2D eigenvalue weighted by molar-refractivity contribution is 6.01. The van der Waals surface area contributed by atoms with Crippen LogP contribution in [0.15, 0.2) is 60.8 Å². The summed E-state index contributed by atoms with van der Waals surface area (Å²) in [4.78, 5) is 44.6. The van der Waals surface area contributed by atoms with Crippen LogP contribution in [0, 0.1) is 0 Å². The van der Waals surface area contributed by atoms with Crippen LogP contribution in [0.1, 0.15) is 13.8 Å². The average Bonchev–Trinajstić information content (AvgIpc) is 2.45. The Morgan fingerprint density at radius 3 is 1.18 bits per heavy atom. The first-order valence-corrected chi connectivity index (χ1v) is 6.28. The molecule has 0 aliphatic carbocycles. The molecular weight excluding hydrogens is 288 g/mol. The van der Waals surface area contributed by atoms with Gasteiger partial charge in [-0.3, -0.25) is 0 Å². The van der Waals surface area contributed by atoms with Gasteiger partial charge in [0.1, 0.15) is 0 Å². The van der Waals surface area contributed by atoms with Crippen LogP contribution in [-0.4, -0.2) is 23.9 Å². The fourth-order valence-corrected chi connectivity index (χ4v) is 0.961. The van der Waals surface area contributed by atoms with Gasteiger partial charge in [0, 0.05) is 24.3 Å². The number of ether oxygens (including phenoxy) is 2. The van der Waals surface area contributed by atoms with E-state index < -0.39 is 23.9 Å². The molecule has 116 valence electrons. The maximum atomic E-state index is 11.2. The molecule has 0 radical (unpaired) electrons. The summed E-state index contributed by atoms with van der Waals surface area (Å²) in [6, 6.07) is 0. The van der Waals surface area contributed by atoms with Crippen molar-refractivity contribution in [1.82, 2.24) is 0 Å². The predicted molar refractivity (Wildman–Crippen MR) is 79.2 cm³/mol. The minimum absolute atomic E-state index is 0.687. The minimum atomic E-state index is -1.05. The third-order valence-corrected chi connectivity index (χ3v) is 1.83. The van der Waals surface area contributed by atoms with E-state index in [1.54, 1.807) is 38.2 Å². The summed E-state index contributed by atoms with van der Waals surface area (Å²) in [6.07, 6.45) is 12.8. The molecule has 0 aliphatic heterocycles. The van der Waals surface area contributed by atoms with E-state index in [9.17, 15) is 19.2 Å². The zero-order chi connectivity index (χ0) is 16.8. The Hall–Kier alpha value is -3.02. The summed E-state index contributed by atoms with van der Waals surface area (Å²) in [7, 11) is 0. The Labute approximate surface area is 128 Å². The second kappa shape index (κ2) is 11.8. The second-order valence-corrected chi connectivity index (χ2v) is 3.58. The molecule has 0 aliphatic rings. The molecule has 0 amide bonds. The van der Waals surface area contributed by atoms with Gasteiger partial charge in [-0.1, -0.05) is 36.5 Å². The lowest BCUT2D eigenvalue weighted by Crippen LogP contribution is -2.10. The summed E-state index contributed by atoms with van der Waals surface area (Å²) >= 11 is 0. The monoisotopic (exact) mass is 304 g/mol. The van der Waals surface area contributed by atoms with E-state index in [1.165, 1.54) is 12.2 Å². The topological polar surface area (TPSA) is 86.7 Å². The van der Waals surface area contributed by atoms with Crippen molar-refractivity contribution in [2.75, 3.05) is 0 Å². The smallest absolute Gasteiger partial charge is 0.338 e. The second-order valence-electron chi connectivity index (χ2n) is 3.58. The number of hydrogen-bond donors (Lipinski definition) is 0. The van der Waals surface area contributed by atoms with E-state index >= 15 is 0 Å². The standard InChI is InChI=1S/C16H16O6/c1-3-5-7-9-13(17)21-15(19)11-12-16(20)22-14(18)10-8-6-4-2/h3-12H,1-2H3/b5-3?,6-4?,9-7?,10-8?,12-11-. The fraction of sp³-hybridized carbons (Fsp3) is 0.125. The Kier molecular flexibility index (Phi) is 10.2. The molecule has 0 N–H and O–H groups in total. The molecule has 0 aromatic rings. The molecule has 0 saturated heterocycles. The third-order valence-electron chi connectivity index (χ3n) is 1.83. The molecule has 6 nitrogen and oxygen atoms in total. The number of carbonyl (C=O) groups is 4. The zero-order valence-electron chi connectivity index (χ0n) is 12.2. The van der Waals surface area contributed by atoms with Crippen molar-refractivity contribution in [2.45, 2.75) is 13.8 Å². The van der Waals surface area contributed by atoms with Gasteiger partial charge in [0.25, 0.3) is 0 Å². The van der Waals surface area contributed by atoms with Gasteiger partial charge in [0.05, 0.1) is 0 Å². The molecule has 0 unspecified atom stereocenters. The van der Waals surface area contributed by atoms with Crippen LogP contribution in [0.25, 0.3) is 0 Å². The predicted octanol–water partition coefficient (Wildman–Crippen LogP) is 1.95. The largest absolute Gasteiger partial charge is 0.387 e. The number of carbonyl (C=O) groups excluding carboxylic acids is 4. The first-order valence-electron chi connectivity index (χ1n) is 6.28. The van der Waals surface area contributed by atoms with Crippen LogP contribution < -0.4 is 0 Å². The van der Waals surface area contributed by atoms with Gasteiger partial charge in [-0.2, -0.15) is 0 Å². The summed E-state index contributed by atoms with van der Waals surface area (Å²) in [5.74, 6) is -3.87. The lowest BCUT2D eigenvalue weighted by Gasteiger charge is -1.95. The SMILES string of the molecule is CC=CC=CC(=O)OC(=O)/C=C\C(=O)OC(=O)C=CC=CC. The van der Waals surface area contributed by atoms with E-state index in [2.05, 4.69) is 9.47 Å². The van der Waals surface area contributed by atoms with Crippen molar-refractivity contribution in [3.63, 3.8) is 0 Å². The quantitative estimate of drug-likeness (QED) is 0.322. The van der Waals surface area contributed by atoms with E-state index in [0.29, 0.717) is 12.2 Å². The maximum absolute atomic E-state index is 11.2. The summed E-state index contributed by atoms with van der Waals surface area (Å²) in [5, 5.41) is 0. The van der Waals surface area contributed by atoms with Crippen LogP contribution in [-0.2, 0) is 28.7 Å². The van der Waals surface area contributed by atoms with Crippen LogP contribution in [0.5, 0.6) is 0 Å². The van der Waals surface area contributed by atoms with Gasteiger partial charge in [-0.15, -0.1) is 0 Å². The minimum Gasteiger partial charge on any atom is -0.387 e. The lowest BCUT2D eigenvalue weighted by molar-refractivity contribution is -0.155. The molecule has 0 aromatic carbocycles. The van der Waals surface area contributed by atoms with Gasteiger partial charge >= 0.3 is 23.9 Å². The number of rotatable bonds is 6. The van der Waals surface area contributed by atoms with Gasteiger partial charge in [-0.05, 0) is 13.8 Å². The number of allylic oxidation sites excluding steroid dienone is 6. The molecule has 0 rings (SSSR count). The number of hydrogen-bond acceptors (Lipinski definition) is 6. The normalized spacial score (nSPS) is 11.9. The molecule has 0 aromatic heterocycles.